The first-order valence-corrected chi connectivity index (χ1v) is 11.5. The van der Waals surface area contributed by atoms with Crippen LogP contribution < -0.4 is 4.90 Å². The van der Waals surface area contributed by atoms with Crippen LogP contribution >= 0.6 is 22.9 Å². The van der Waals surface area contributed by atoms with Crippen molar-refractivity contribution < 1.29 is 27.1 Å². The number of oxazole rings is 1. The first kappa shape index (κ1) is 23.6. The predicted molar refractivity (Wildman–Crippen MR) is 120 cm³/mol. The fourth-order valence-corrected chi connectivity index (χ4v) is 4.64. The van der Waals surface area contributed by atoms with E-state index in [1.807, 2.05) is 6.92 Å². The molecule has 1 atom stereocenters. The molecular formula is C21H22ClF3N4O3S. The van der Waals surface area contributed by atoms with Crippen molar-refractivity contribution in [2.75, 3.05) is 24.5 Å². The Morgan fingerprint density at radius 3 is 2.61 bits per heavy atom. The first-order chi connectivity index (χ1) is 15.3. The molecule has 1 saturated heterocycles. The molecule has 0 spiro atoms. The molecule has 12 heteroatoms. The average molecular weight is 503 g/mol. The van der Waals surface area contributed by atoms with Crippen LogP contribution in [-0.4, -0.2) is 52.2 Å². The highest BCUT2D eigenvalue weighted by Crippen LogP contribution is 2.45. The number of hydrogen-bond donors (Lipinski definition) is 0. The van der Waals surface area contributed by atoms with Gasteiger partial charge in [0.1, 0.15) is 21.7 Å². The highest BCUT2D eigenvalue weighted by molar-refractivity contribution is 7.13. The molecule has 4 rings (SSSR count). The van der Waals surface area contributed by atoms with Crippen LogP contribution in [0.3, 0.4) is 0 Å². The summed E-state index contributed by atoms with van der Waals surface area (Å²) in [5.74, 6) is 0. The van der Waals surface area contributed by atoms with Crippen LogP contribution in [0.15, 0.2) is 22.1 Å². The monoisotopic (exact) mass is 502 g/mol. The number of anilines is 1. The maximum absolute atomic E-state index is 13.8. The number of fused-ring (bicyclic) bond motifs is 1. The highest BCUT2D eigenvalue weighted by Gasteiger charge is 2.39. The third kappa shape index (κ3) is 4.74. The minimum Gasteiger partial charge on any atom is -0.444 e. The van der Waals surface area contributed by atoms with Crippen molar-refractivity contribution in [1.82, 2.24) is 14.9 Å². The zero-order chi connectivity index (χ0) is 24.1. The van der Waals surface area contributed by atoms with E-state index in [1.165, 1.54) is 17.4 Å². The number of halogens is 4. The Morgan fingerprint density at radius 2 is 2.03 bits per heavy atom. The lowest BCUT2D eigenvalue weighted by atomic mass is 10.1. The number of hydrogen-bond acceptors (Lipinski definition) is 7. The number of amides is 1. The molecule has 0 N–H and O–H groups in total. The van der Waals surface area contributed by atoms with E-state index in [0.717, 1.165) is 0 Å². The fraction of sp³-hybridized carbons (Fsp3) is 0.476. The van der Waals surface area contributed by atoms with Crippen LogP contribution in [0.5, 0.6) is 0 Å². The highest BCUT2D eigenvalue weighted by atomic mass is 35.5. The predicted octanol–water partition coefficient (Wildman–Crippen LogP) is 6.07. The molecule has 0 unspecified atom stereocenters. The van der Waals surface area contributed by atoms with Crippen molar-refractivity contribution in [3.8, 4) is 10.6 Å². The molecule has 1 fully saturated rings. The molecule has 2 aromatic heterocycles. The maximum Gasteiger partial charge on any atom is 0.420 e. The first-order valence-electron chi connectivity index (χ1n) is 10.2. The molecule has 33 heavy (non-hydrogen) atoms. The Hall–Kier alpha value is -2.53. The molecule has 1 aliphatic heterocycles. The summed E-state index contributed by atoms with van der Waals surface area (Å²) in [5, 5.41) is 1.71. The summed E-state index contributed by atoms with van der Waals surface area (Å²) in [6.07, 6.45) is -3.61. The van der Waals surface area contributed by atoms with Gasteiger partial charge in [-0.3, -0.25) is 0 Å². The molecule has 0 aliphatic carbocycles. The van der Waals surface area contributed by atoms with Crippen LogP contribution in [0, 0.1) is 0 Å². The standard InChI is InChI=1S/C21H22ClF3N4O3S/c1-11-10-28(19(30)32-20(2,3)4)6-7-29(11)18-27-15-14(21(23,24)25)13(22)9-12(16(15)31-18)17-26-5-8-33-17/h5,8-9,11H,6-7,10H2,1-4H3/t11-/m1/s1. The summed E-state index contributed by atoms with van der Waals surface area (Å²) in [6, 6.07) is 0.976. The maximum atomic E-state index is 13.8. The Kier molecular flexibility index (Phi) is 5.98. The minimum atomic E-state index is -4.72. The van der Waals surface area contributed by atoms with E-state index in [-0.39, 0.29) is 23.2 Å². The van der Waals surface area contributed by atoms with Crippen LogP contribution in [0.1, 0.15) is 33.3 Å². The van der Waals surface area contributed by atoms with Gasteiger partial charge in [-0.05, 0) is 33.8 Å². The molecule has 3 heterocycles. The molecular weight excluding hydrogens is 481 g/mol. The second kappa shape index (κ2) is 8.35. The number of alkyl halides is 3. The number of thiazole rings is 1. The minimum absolute atomic E-state index is 0.0292. The van der Waals surface area contributed by atoms with Crippen LogP contribution in [0.2, 0.25) is 5.02 Å². The van der Waals surface area contributed by atoms with Gasteiger partial charge >= 0.3 is 12.3 Å². The number of carbonyl (C=O) groups excluding carboxylic acids is 1. The van der Waals surface area contributed by atoms with Crippen molar-refractivity contribution >= 4 is 46.1 Å². The quantitative estimate of drug-likeness (QED) is 0.423. The average Bonchev–Trinajstić information content (AvgIpc) is 3.34. The zero-order valence-electron chi connectivity index (χ0n) is 18.4. The van der Waals surface area contributed by atoms with E-state index in [1.54, 1.807) is 42.1 Å². The molecule has 3 aromatic rings. The Bertz CT molecular complexity index is 1170. The van der Waals surface area contributed by atoms with Gasteiger partial charge in [0.2, 0.25) is 0 Å². The summed E-state index contributed by atoms with van der Waals surface area (Å²) >= 11 is 7.30. The molecule has 7 nitrogen and oxygen atoms in total. The molecule has 0 radical (unpaired) electrons. The van der Waals surface area contributed by atoms with Crippen LogP contribution in [0.4, 0.5) is 24.0 Å². The van der Waals surface area contributed by atoms with Gasteiger partial charge in [-0.15, -0.1) is 11.3 Å². The molecule has 0 saturated carbocycles. The number of piperazine rings is 1. The van der Waals surface area contributed by atoms with Crippen LogP contribution in [0.25, 0.3) is 21.7 Å². The lowest BCUT2D eigenvalue weighted by molar-refractivity contribution is -0.136. The van der Waals surface area contributed by atoms with Gasteiger partial charge in [-0.2, -0.15) is 18.2 Å². The van der Waals surface area contributed by atoms with Crippen molar-refractivity contribution in [3.05, 3.63) is 28.2 Å². The zero-order valence-corrected chi connectivity index (χ0v) is 19.9. The van der Waals surface area contributed by atoms with Crippen molar-refractivity contribution in [2.24, 2.45) is 0 Å². The van der Waals surface area contributed by atoms with Crippen molar-refractivity contribution in [3.63, 3.8) is 0 Å². The Balaban J connectivity index is 1.71. The lowest BCUT2D eigenvalue weighted by Crippen LogP contribution is -2.54. The van der Waals surface area contributed by atoms with E-state index >= 15 is 0 Å². The van der Waals surface area contributed by atoms with Gasteiger partial charge in [0.25, 0.3) is 6.01 Å². The van der Waals surface area contributed by atoms with Crippen molar-refractivity contribution in [2.45, 2.75) is 45.5 Å². The summed E-state index contributed by atoms with van der Waals surface area (Å²) in [5.41, 5.74) is -1.72. The number of benzene rings is 1. The third-order valence-corrected chi connectivity index (χ3v) is 6.18. The van der Waals surface area contributed by atoms with Gasteiger partial charge in [0, 0.05) is 37.3 Å². The Morgan fingerprint density at radius 1 is 1.30 bits per heavy atom. The van der Waals surface area contributed by atoms with E-state index in [9.17, 15) is 18.0 Å². The number of carbonyl (C=O) groups is 1. The molecule has 1 amide bonds. The van der Waals surface area contributed by atoms with Gasteiger partial charge < -0.3 is 19.0 Å². The number of nitrogens with zero attached hydrogens (tertiary/aromatic N) is 4. The third-order valence-electron chi connectivity index (χ3n) is 5.08. The lowest BCUT2D eigenvalue weighted by Gasteiger charge is -2.39. The number of aromatic nitrogens is 2. The van der Waals surface area contributed by atoms with Gasteiger partial charge in [0.15, 0.2) is 5.58 Å². The normalized spacial score (nSPS) is 17.6. The number of ether oxygens (including phenoxy) is 1. The van der Waals surface area contributed by atoms with Gasteiger partial charge in [-0.25, -0.2) is 9.78 Å². The second-order valence-corrected chi connectivity index (χ2v) is 10.1. The fourth-order valence-electron chi connectivity index (χ4n) is 3.68. The topological polar surface area (TPSA) is 71.7 Å². The number of rotatable bonds is 2. The van der Waals surface area contributed by atoms with Crippen molar-refractivity contribution in [1.29, 1.82) is 0 Å². The van der Waals surface area contributed by atoms with Crippen LogP contribution in [-0.2, 0) is 10.9 Å². The molecule has 178 valence electrons. The van der Waals surface area contributed by atoms with Gasteiger partial charge in [-0.1, -0.05) is 11.6 Å². The van der Waals surface area contributed by atoms with E-state index in [4.69, 9.17) is 20.8 Å². The SMILES string of the molecule is C[C@@H]1CN(C(=O)OC(C)(C)C)CCN1c1nc2c(C(F)(F)F)c(Cl)cc(-c3nccs3)c2o1. The van der Waals surface area contributed by atoms with E-state index < -0.39 is 28.5 Å². The molecule has 1 aliphatic rings. The van der Waals surface area contributed by atoms with Gasteiger partial charge in [0.05, 0.1) is 10.6 Å². The summed E-state index contributed by atoms with van der Waals surface area (Å²) in [4.78, 5) is 24.1. The van der Waals surface area contributed by atoms with E-state index in [0.29, 0.717) is 30.2 Å². The molecule has 0 bridgehead atoms. The smallest absolute Gasteiger partial charge is 0.420 e. The second-order valence-electron chi connectivity index (χ2n) is 8.76. The molecule has 1 aromatic carbocycles. The summed E-state index contributed by atoms with van der Waals surface area (Å²) in [7, 11) is 0. The Labute approximate surface area is 197 Å². The van der Waals surface area contributed by atoms with E-state index in [2.05, 4.69) is 9.97 Å². The summed E-state index contributed by atoms with van der Waals surface area (Å²) < 4.78 is 52.7. The summed E-state index contributed by atoms with van der Waals surface area (Å²) in [6.45, 7) is 8.12. The largest absolute Gasteiger partial charge is 0.444 e.